The molecule has 7 nitrogen and oxygen atoms in total. The van der Waals surface area contributed by atoms with E-state index >= 15 is 0 Å². The smallest absolute Gasteiger partial charge is 0.262 e. The van der Waals surface area contributed by atoms with Gasteiger partial charge in [-0.05, 0) is 36.1 Å². The number of rotatable bonds is 4. The Morgan fingerprint density at radius 3 is 2.96 bits per heavy atom. The lowest BCUT2D eigenvalue weighted by Crippen LogP contribution is -2.09. The SMILES string of the molecule is CCc1cc2c(On3nnc4ccccc43)nc(SC)nc2[nH]1. The molecule has 0 saturated heterocycles. The molecule has 0 amide bonds. The molecule has 3 aromatic heterocycles. The summed E-state index contributed by atoms with van der Waals surface area (Å²) in [6.07, 6.45) is 2.82. The summed E-state index contributed by atoms with van der Waals surface area (Å²) in [4.78, 5) is 19.5. The number of aromatic amines is 1. The number of H-pyrrole nitrogens is 1. The predicted molar refractivity (Wildman–Crippen MR) is 88.6 cm³/mol. The molecule has 0 aliphatic rings. The van der Waals surface area contributed by atoms with Crippen molar-refractivity contribution in [3.05, 3.63) is 36.0 Å². The Labute approximate surface area is 136 Å². The Morgan fingerprint density at radius 2 is 2.13 bits per heavy atom. The highest BCUT2D eigenvalue weighted by molar-refractivity contribution is 7.98. The highest BCUT2D eigenvalue weighted by Gasteiger charge is 2.14. The molecule has 3 heterocycles. The van der Waals surface area contributed by atoms with E-state index in [9.17, 15) is 0 Å². The second kappa shape index (κ2) is 5.54. The van der Waals surface area contributed by atoms with E-state index in [2.05, 4.69) is 32.2 Å². The van der Waals surface area contributed by atoms with Gasteiger partial charge < -0.3 is 9.82 Å². The predicted octanol–water partition coefficient (Wildman–Crippen LogP) is 2.83. The van der Waals surface area contributed by atoms with E-state index in [4.69, 9.17) is 4.84 Å². The minimum Gasteiger partial charge on any atom is -0.343 e. The molecule has 0 atom stereocenters. The molecule has 0 fully saturated rings. The number of benzene rings is 1. The van der Waals surface area contributed by atoms with Crippen LogP contribution < -0.4 is 4.84 Å². The average molecular weight is 326 g/mol. The molecule has 0 aliphatic heterocycles. The second-order valence-corrected chi connectivity index (χ2v) is 5.74. The number of nitrogens with zero attached hydrogens (tertiary/aromatic N) is 5. The lowest BCUT2D eigenvalue weighted by atomic mass is 10.3. The van der Waals surface area contributed by atoms with Crippen molar-refractivity contribution in [3.8, 4) is 5.88 Å². The number of aryl methyl sites for hydroxylation is 1. The molecule has 1 aromatic carbocycles. The summed E-state index contributed by atoms with van der Waals surface area (Å²) < 4.78 is 0. The van der Waals surface area contributed by atoms with Crippen LogP contribution in [0.4, 0.5) is 0 Å². The van der Waals surface area contributed by atoms with E-state index < -0.39 is 0 Å². The third kappa shape index (κ3) is 2.40. The van der Waals surface area contributed by atoms with Crippen molar-refractivity contribution < 1.29 is 4.84 Å². The third-order valence-corrected chi connectivity index (χ3v) is 4.09. The van der Waals surface area contributed by atoms with E-state index in [1.165, 1.54) is 16.6 Å². The molecule has 23 heavy (non-hydrogen) atoms. The fourth-order valence-corrected chi connectivity index (χ4v) is 2.72. The minimum atomic E-state index is 0.464. The van der Waals surface area contributed by atoms with Gasteiger partial charge in [-0.25, -0.2) is 4.98 Å². The highest BCUT2D eigenvalue weighted by atomic mass is 32.2. The van der Waals surface area contributed by atoms with Crippen molar-refractivity contribution in [3.63, 3.8) is 0 Å². The van der Waals surface area contributed by atoms with Gasteiger partial charge in [-0.1, -0.05) is 35.7 Å². The van der Waals surface area contributed by atoms with Gasteiger partial charge in [-0.3, -0.25) is 0 Å². The van der Waals surface area contributed by atoms with Gasteiger partial charge >= 0.3 is 0 Å². The average Bonchev–Trinajstić information content (AvgIpc) is 3.19. The fourth-order valence-electron chi connectivity index (χ4n) is 2.37. The minimum absolute atomic E-state index is 0.464. The molecule has 0 radical (unpaired) electrons. The van der Waals surface area contributed by atoms with Crippen molar-refractivity contribution in [1.29, 1.82) is 0 Å². The number of aromatic nitrogens is 6. The van der Waals surface area contributed by atoms with Crippen LogP contribution in [-0.2, 0) is 6.42 Å². The maximum Gasteiger partial charge on any atom is 0.262 e. The Hall–Kier alpha value is -2.61. The number of fused-ring (bicyclic) bond motifs is 2. The van der Waals surface area contributed by atoms with E-state index in [0.29, 0.717) is 11.0 Å². The van der Waals surface area contributed by atoms with Gasteiger partial charge in [0, 0.05) is 5.69 Å². The van der Waals surface area contributed by atoms with Crippen molar-refractivity contribution in [2.45, 2.75) is 18.5 Å². The van der Waals surface area contributed by atoms with Crippen molar-refractivity contribution in [2.24, 2.45) is 0 Å². The van der Waals surface area contributed by atoms with Crippen LogP contribution in [-0.4, -0.2) is 36.4 Å². The summed E-state index contributed by atoms with van der Waals surface area (Å²) in [7, 11) is 0. The first-order chi connectivity index (χ1) is 11.3. The van der Waals surface area contributed by atoms with Crippen LogP contribution >= 0.6 is 11.8 Å². The standard InChI is InChI=1S/C15H14N6OS/c1-3-9-8-10-13(16-9)17-15(23-2)18-14(10)22-21-12-7-5-4-6-11(12)19-20-21/h4-8H,3H2,1-2H3,(H,16,17,18). The number of nitrogens with one attached hydrogen (secondary N) is 1. The van der Waals surface area contributed by atoms with E-state index in [-0.39, 0.29) is 0 Å². The molecule has 4 aromatic rings. The molecule has 1 N–H and O–H groups in total. The molecule has 0 saturated carbocycles. The Morgan fingerprint density at radius 1 is 1.26 bits per heavy atom. The van der Waals surface area contributed by atoms with Crippen LogP contribution in [0.5, 0.6) is 5.88 Å². The summed E-state index contributed by atoms with van der Waals surface area (Å²) in [5, 5.41) is 9.61. The summed E-state index contributed by atoms with van der Waals surface area (Å²) in [6, 6.07) is 9.62. The number of para-hydroxylation sites is 1. The third-order valence-electron chi connectivity index (χ3n) is 3.55. The zero-order valence-electron chi connectivity index (χ0n) is 12.6. The lowest BCUT2D eigenvalue weighted by Gasteiger charge is -2.06. The molecule has 116 valence electrons. The van der Waals surface area contributed by atoms with Crippen molar-refractivity contribution in [1.82, 2.24) is 30.1 Å². The highest BCUT2D eigenvalue weighted by Crippen LogP contribution is 2.27. The monoisotopic (exact) mass is 326 g/mol. The van der Waals surface area contributed by atoms with Gasteiger partial charge in [0.15, 0.2) is 5.16 Å². The molecule has 0 unspecified atom stereocenters. The van der Waals surface area contributed by atoms with Gasteiger partial charge in [0.1, 0.15) is 16.7 Å². The van der Waals surface area contributed by atoms with Crippen molar-refractivity contribution in [2.75, 3.05) is 6.26 Å². The van der Waals surface area contributed by atoms with Crippen LogP contribution in [0.15, 0.2) is 35.5 Å². The normalized spacial score (nSPS) is 11.4. The lowest BCUT2D eigenvalue weighted by molar-refractivity contribution is 0.177. The van der Waals surface area contributed by atoms with E-state index in [0.717, 1.165) is 34.2 Å². The molecule has 0 spiro atoms. The number of hydrogen-bond donors (Lipinski definition) is 1. The van der Waals surface area contributed by atoms with Gasteiger partial charge in [0.05, 0.1) is 5.39 Å². The molecule has 0 bridgehead atoms. The van der Waals surface area contributed by atoms with Crippen LogP contribution in [0.2, 0.25) is 0 Å². The summed E-state index contributed by atoms with van der Waals surface area (Å²) >= 11 is 1.46. The van der Waals surface area contributed by atoms with Crippen LogP contribution in [0.1, 0.15) is 12.6 Å². The summed E-state index contributed by atoms with van der Waals surface area (Å²) in [6.45, 7) is 2.08. The topological polar surface area (TPSA) is 81.5 Å². The maximum absolute atomic E-state index is 5.90. The molecule has 8 heteroatoms. The quantitative estimate of drug-likeness (QED) is 0.459. The van der Waals surface area contributed by atoms with Gasteiger partial charge in [0.25, 0.3) is 5.88 Å². The Bertz CT molecular complexity index is 992. The number of hydrogen-bond acceptors (Lipinski definition) is 6. The zero-order valence-corrected chi connectivity index (χ0v) is 13.5. The van der Waals surface area contributed by atoms with E-state index in [1.54, 1.807) is 0 Å². The largest absolute Gasteiger partial charge is 0.343 e. The summed E-state index contributed by atoms with van der Waals surface area (Å²) in [5.74, 6) is 0.464. The van der Waals surface area contributed by atoms with Crippen LogP contribution in [0.3, 0.4) is 0 Å². The van der Waals surface area contributed by atoms with Crippen molar-refractivity contribution >= 4 is 33.8 Å². The zero-order chi connectivity index (χ0) is 15.8. The molecular formula is C15H14N6OS. The fraction of sp³-hybridized carbons (Fsp3) is 0.200. The van der Waals surface area contributed by atoms with Gasteiger partial charge in [0.2, 0.25) is 0 Å². The number of thioether (sulfide) groups is 1. The van der Waals surface area contributed by atoms with Crippen LogP contribution in [0, 0.1) is 0 Å². The second-order valence-electron chi connectivity index (χ2n) is 4.97. The van der Waals surface area contributed by atoms with E-state index in [1.807, 2.05) is 36.6 Å². The Balaban J connectivity index is 1.85. The van der Waals surface area contributed by atoms with Gasteiger partial charge in [-0.2, -0.15) is 4.98 Å². The van der Waals surface area contributed by atoms with Gasteiger partial charge in [-0.15, -0.1) is 5.10 Å². The molecule has 0 aliphatic carbocycles. The maximum atomic E-state index is 5.90. The van der Waals surface area contributed by atoms with Crippen LogP contribution in [0.25, 0.3) is 22.1 Å². The summed E-state index contributed by atoms with van der Waals surface area (Å²) in [5.41, 5.74) is 3.41. The molecular weight excluding hydrogens is 312 g/mol. The molecule has 4 rings (SSSR count). The first kappa shape index (κ1) is 14.0. The first-order valence-corrected chi connectivity index (χ1v) is 8.43. The first-order valence-electron chi connectivity index (χ1n) is 7.21. The Kier molecular flexibility index (Phi) is 3.38.